The average Bonchev–Trinajstić information content (AvgIpc) is 2.45. The average molecular weight is 290 g/mol. The number of hydrogen-bond donors (Lipinski definition) is 1. The van der Waals surface area contributed by atoms with E-state index in [4.69, 9.17) is 13.8 Å². The fourth-order valence-corrected chi connectivity index (χ4v) is 1.99. The van der Waals surface area contributed by atoms with E-state index in [2.05, 4.69) is 6.58 Å². The highest BCUT2D eigenvalue weighted by Gasteiger charge is 2.10. The lowest BCUT2D eigenvalue weighted by Gasteiger charge is -2.16. The van der Waals surface area contributed by atoms with Crippen molar-refractivity contribution < 1.29 is 18.9 Å². The summed E-state index contributed by atoms with van der Waals surface area (Å²) < 4.78 is 16.3. The summed E-state index contributed by atoms with van der Waals surface area (Å²) in [6.45, 7) is 14.3. The molecule has 0 saturated carbocycles. The maximum atomic E-state index is 9.30. The molecule has 0 bridgehead atoms. The molecule has 0 aromatic carbocycles. The van der Waals surface area contributed by atoms with Crippen LogP contribution in [0, 0.1) is 0 Å². The van der Waals surface area contributed by atoms with Crippen LogP contribution >= 0.6 is 8.38 Å². The van der Waals surface area contributed by atoms with E-state index >= 15 is 0 Å². The number of aliphatic hydroxyl groups excluding tert-OH is 1. The molecule has 0 aliphatic carbocycles. The van der Waals surface area contributed by atoms with E-state index in [1.54, 1.807) is 6.08 Å². The molecule has 0 aromatic rings. The zero-order valence-electron chi connectivity index (χ0n) is 12.7. The molecule has 0 fully saturated rings. The molecule has 0 unspecified atom stereocenters. The van der Waals surface area contributed by atoms with Gasteiger partial charge in [0, 0.05) is 6.08 Å². The van der Waals surface area contributed by atoms with Crippen molar-refractivity contribution in [2.75, 3.05) is 19.6 Å². The van der Waals surface area contributed by atoms with Crippen molar-refractivity contribution in [2.24, 2.45) is 0 Å². The predicted molar refractivity (Wildman–Crippen MR) is 82.1 cm³/mol. The molecule has 112 valence electrons. The summed E-state index contributed by atoms with van der Waals surface area (Å²) >= 11 is 0. The molecule has 0 aromatic heterocycles. The van der Waals surface area contributed by atoms with E-state index in [9.17, 15) is 5.11 Å². The minimum absolute atomic E-state index is 0.0650. The quantitative estimate of drug-likeness (QED) is 0.372. The second-order valence-electron chi connectivity index (χ2n) is 2.91. The molecule has 0 saturated heterocycles. The Balaban J connectivity index is 0. The van der Waals surface area contributed by atoms with Crippen LogP contribution in [0.5, 0.6) is 0 Å². The summed E-state index contributed by atoms with van der Waals surface area (Å²) in [6.07, 6.45) is 4.95. The lowest BCUT2D eigenvalue weighted by Crippen LogP contribution is -1.99. The largest absolute Gasteiger partial charge is 0.508 e. The third kappa shape index (κ3) is 12.0. The van der Waals surface area contributed by atoms with Gasteiger partial charge in [-0.15, -0.1) is 0 Å². The Kier molecular flexibility index (Phi) is 16.4. The SMILES string of the molecule is C=C/C(O)=C\C(=C/C)OCP(OCC)OCC.CC. The summed E-state index contributed by atoms with van der Waals surface area (Å²) in [4.78, 5) is 0. The molecule has 1 N–H and O–H groups in total. The first-order chi connectivity index (χ1) is 9.17. The Hall–Kier alpha value is -0.830. The minimum atomic E-state index is -1.03. The van der Waals surface area contributed by atoms with E-state index < -0.39 is 8.38 Å². The van der Waals surface area contributed by atoms with Crippen LogP contribution in [-0.4, -0.2) is 24.7 Å². The molecule has 0 atom stereocenters. The van der Waals surface area contributed by atoms with Crippen molar-refractivity contribution in [3.8, 4) is 0 Å². The Morgan fingerprint density at radius 1 is 1.21 bits per heavy atom. The lowest BCUT2D eigenvalue weighted by atomic mass is 10.3. The third-order valence-electron chi connectivity index (χ3n) is 1.67. The number of ether oxygens (including phenoxy) is 1. The van der Waals surface area contributed by atoms with Crippen LogP contribution in [0.15, 0.2) is 36.3 Å². The van der Waals surface area contributed by atoms with Gasteiger partial charge in [-0.3, -0.25) is 0 Å². The zero-order valence-corrected chi connectivity index (χ0v) is 13.6. The topological polar surface area (TPSA) is 47.9 Å². The van der Waals surface area contributed by atoms with Crippen molar-refractivity contribution >= 4 is 8.38 Å². The molecule has 5 heteroatoms. The van der Waals surface area contributed by atoms with Gasteiger partial charge >= 0.3 is 0 Å². The van der Waals surface area contributed by atoms with Gasteiger partial charge in [-0.1, -0.05) is 20.4 Å². The van der Waals surface area contributed by atoms with E-state index in [0.29, 0.717) is 25.3 Å². The summed E-state index contributed by atoms with van der Waals surface area (Å²) in [5.74, 6) is 0.629. The molecule has 0 aliphatic rings. The van der Waals surface area contributed by atoms with Gasteiger partial charge in [-0.25, -0.2) is 0 Å². The Morgan fingerprint density at radius 2 is 1.74 bits per heavy atom. The number of allylic oxidation sites excluding steroid dienone is 3. The van der Waals surface area contributed by atoms with Gasteiger partial charge in [0.1, 0.15) is 11.5 Å². The van der Waals surface area contributed by atoms with Gasteiger partial charge in [-0.2, -0.15) is 0 Å². The van der Waals surface area contributed by atoms with Crippen LogP contribution in [0.2, 0.25) is 0 Å². The number of hydrogen-bond acceptors (Lipinski definition) is 4. The van der Waals surface area contributed by atoms with Crippen LogP contribution < -0.4 is 0 Å². The highest BCUT2D eigenvalue weighted by atomic mass is 31.2. The van der Waals surface area contributed by atoms with E-state index in [0.717, 1.165) is 0 Å². The van der Waals surface area contributed by atoms with Gasteiger partial charge in [0.05, 0.1) is 13.2 Å². The predicted octanol–water partition coefficient (Wildman–Crippen LogP) is 4.90. The first kappa shape index (κ1) is 20.5. The van der Waals surface area contributed by atoms with E-state index in [1.807, 2.05) is 34.6 Å². The molecule has 0 aliphatic heterocycles. The molecule has 0 amide bonds. The molecular formula is C14H27O4P. The first-order valence-corrected chi connectivity index (χ1v) is 7.89. The van der Waals surface area contributed by atoms with Crippen LogP contribution in [0.1, 0.15) is 34.6 Å². The van der Waals surface area contributed by atoms with Crippen molar-refractivity contribution in [3.05, 3.63) is 36.3 Å². The minimum Gasteiger partial charge on any atom is -0.508 e. The molecule has 0 heterocycles. The van der Waals surface area contributed by atoms with Crippen molar-refractivity contribution in [2.45, 2.75) is 34.6 Å². The highest BCUT2D eigenvalue weighted by Crippen LogP contribution is 2.38. The van der Waals surface area contributed by atoms with Crippen molar-refractivity contribution in [3.63, 3.8) is 0 Å². The normalized spacial score (nSPS) is 11.9. The standard InChI is InChI=1S/C12H21O4P.C2H6/c1-5-11(13)9-12(6-2)14-10-17(15-7-3)16-8-4;1-2/h5-6,9,13H,1,7-8,10H2,2-4H3;1-2H3/b11-9+,12-6+;. The molecule has 4 nitrogen and oxygen atoms in total. The Bertz CT molecular complexity index is 269. The van der Waals surface area contributed by atoms with Gasteiger partial charge in [0.2, 0.25) is 8.38 Å². The third-order valence-corrected chi connectivity index (χ3v) is 3.10. The molecule has 0 radical (unpaired) electrons. The van der Waals surface area contributed by atoms with Gasteiger partial charge in [0.15, 0.2) is 6.35 Å². The van der Waals surface area contributed by atoms with Crippen LogP contribution in [0.25, 0.3) is 0 Å². The first-order valence-electron chi connectivity index (χ1n) is 6.53. The molecular weight excluding hydrogens is 263 g/mol. The molecule has 0 rings (SSSR count). The Morgan fingerprint density at radius 3 is 2.11 bits per heavy atom. The van der Waals surface area contributed by atoms with Crippen molar-refractivity contribution in [1.29, 1.82) is 0 Å². The highest BCUT2D eigenvalue weighted by molar-refractivity contribution is 7.47. The zero-order chi connectivity index (χ0) is 15.1. The summed E-state index contributed by atoms with van der Waals surface area (Å²) in [6, 6.07) is 0. The monoisotopic (exact) mass is 290 g/mol. The van der Waals surface area contributed by atoms with Gasteiger partial charge < -0.3 is 18.9 Å². The van der Waals surface area contributed by atoms with Gasteiger partial charge in [0.25, 0.3) is 0 Å². The fraction of sp³-hybridized carbons (Fsp3) is 0.571. The maximum absolute atomic E-state index is 9.30. The summed E-state index contributed by atoms with van der Waals surface area (Å²) in [7, 11) is -1.03. The second kappa shape index (κ2) is 15.2. The number of rotatable bonds is 9. The molecule has 19 heavy (non-hydrogen) atoms. The lowest BCUT2D eigenvalue weighted by molar-refractivity contribution is 0.213. The van der Waals surface area contributed by atoms with Crippen molar-refractivity contribution in [1.82, 2.24) is 0 Å². The number of aliphatic hydroxyl groups is 1. The van der Waals surface area contributed by atoms with E-state index in [1.165, 1.54) is 12.2 Å². The van der Waals surface area contributed by atoms with Gasteiger partial charge in [-0.05, 0) is 32.9 Å². The smallest absolute Gasteiger partial charge is 0.211 e. The molecule has 0 spiro atoms. The Labute approximate surface area is 118 Å². The van der Waals surface area contributed by atoms with Crippen LogP contribution in [0.4, 0.5) is 0 Å². The van der Waals surface area contributed by atoms with Crippen LogP contribution in [-0.2, 0) is 13.8 Å². The summed E-state index contributed by atoms with van der Waals surface area (Å²) in [5.41, 5.74) is 0. The van der Waals surface area contributed by atoms with Crippen LogP contribution in [0.3, 0.4) is 0 Å². The maximum Gasteiger partial charge on any atom is 0.211 e. The summed E-state index contributed by atoms with van der Waals surface area (Å²) in [5, 5.41) is 9.30. The second-order valence-corrected chi connectivity index (χ2v) is 4.35. The fourth-order valence-electron chi connectivity index (χ4n) is 0.940. The van der Waals surface area contributed by atoms with E-state index in [-0.39, 0.29) is 5.76 Å².